The van der Waals surface area contributed by atoms with Crippen LogP contribution in [0.5, 0.6) is 11.6 Å². The second-order valence-corrected chi connectivity index (χ2v) is 10.0. The van der Waals surface area contributed by atoms with Crippen molar-refractivity contribution in [2.24, 2.45) is 5.73 Å². The number of rotatable bonds is 7. The van der Waals surface area contributed by atoms with Crippen LogP contribution in [0.1, 0.15) is 38.5 Å². The number of ether oxygens (including phenoxy) is 1. The number of nitrogens with one attached hydrogen (secondary N) is 3. The van der Waals surface area contributed by atoms with Crippen molar-refractivity contribution in [1.82, 2.24) is 20.3 Å². The number of hydrogen-bond donors (Lipinski definition) is 4. The maximum Gasteiger partial charge on any atom is 0.319 e. The van der Waals surface area contributed by atoms with Crippen LogP contribution in [0.4, 0.5) is 16.4 Å². The number of carbonyl (C=O) groups is 1. The molecule has 0 radical (unpaired) electrons. The molecule has 0 spiro atoms. The summed E-state index contributed by atoms with van der Waals surface area (Å²) in [6.07, 6.45) is 9.55. The summed E-state index contributed by atoms with van der Waals surface area (Å²) in [5.41, 5.74) is 8.26. The first-order valence-corrected chi connectivity index (χ1v) is 13.2. The minimum atomic E-state index is -0.192. The Hall–Kier alpha value is -4.24. The van der Waals surface area contributed by atoms with Gasteiger partial charge < -0.3 is 26.4 Å². The molecule has 2 amide bonds. The van der Waals surface area contributed by atoms with Crippen molar-refractivity contribution in [3.05, 3.63) is 67.0 Å². The number of aromatic nitrogens is 3. The number of benzene rings is 2. The number of hydrogen-bond acceptors (Lipinski definition) is 7. The van der Waals surface area contributed by atoms with Crippen LogP contribution in [0.15, 0.2) is 67.0 Å². The maximum atomic E-state index is 12.4. The van der Waals surface area contributed by atoms with E-state index in [4.69, 9.17) is 15.5 Å². The number of fused-ring (bicyclic) bond motifs is 1. The summed E-state index contributed by atoms with van der Waals surface area (Å²) >= 11 is 0. The molecule has 6 rings (SSSR count). The molecule has 2 aliphatic rings. The maximum absolute atomic E-state index is 12.4. The van der Waals surface area contributed by atoms with Crippen LogP contribution in [0, 0.1) is 0 Å². The Morgan fingerprint density at radius 3 is 2.45 bits per heavy atom. The fourth-order valence-electron chi connectivity index (χ4n) is 4.84. The standard InChI is InChI=1S/C29H31N7O2/c30-18-7-9-19(10-8-18)33-28-32-17-15-25(35-28)23-6-3-16-31-27(23)38-26-14-13-24(21-4-1-2-5-22(21)26)36-29(37)34-20-11-12-20/h1-6,13-20H,7-12,30H2,(H,32,33,35)(H2,34,36,37)/t18-,19-. The van der Waals surface area contributed by atoms with Crippen LogP contribution in [0.3, 0.4) is 0 Å². The van der Waals surface area contributed by atoms with Crippen molar-refractivity contribution in [2.45, 2.75) is 56.7 Å². The molecular weight excluding hydrogens is 478 g/mol. The van der Waals surface area contributed by atoms with E-state index in [2.05, 4.69) is 25.9 Å². The minimum Gasteiger partial charge on any atom is -0.438 e. The molecular formula is C29H31N7O2. The number of urea groups is 1. The van der Waals surface area contributed by atoms with Gasteiger partial charge in [-0.3, -0.25) is 0 Å². The van der Waals surface area contributed by atoms with Crippen molar-refractivity contribution < 1.29 is 9.53 Å². The number of pyridine rings is 1. The Bertz CT molecular complexity index is 1450. The van der Waals surface area contributed by atoms with E-state index < -0.39 is 0 Å². The molecule has 4 aromatic rings. The Morgan fingerprint density at radius 1 is 0.842 bits per heavy atom. The zero-order valence-electron chi connectivity index (χ0n) is 21.1. The molecule has 9 nitrogen and oxygen atoms in total. The highest BCUT2D eigenvalue weighted by Crippen LogP contribution is 2.37. The summed E-state index contributed by atoms with van der Waals surface area (Å²) < 4.78 is 6.38. The van der Waals surface area contributed by atoms with Crippen molar-refractivity contribution in [3.63, 3.8) is 0 Å². The summed E-state index contributed by atoms with van der Waals surface area (Å²) in [5.74, 6) is 1.67. The molecule has 9 heteroatoms. The molecule has 0 bridgehead atoms. The lowest BCUT2D eigenvalue weighted by Crippen LogP contribution is -2.33. The average molecular weight is 510 g/mol. The van der Waals surface area contributed by atoms with Gasteiger partial charge in [0.05, 0.1) is 16.9 Å². The quantitative estimate of drug-likeness (QED) is 0.261. The molecule has 2 aliphatic carbocycles. The van der Waals surface area contributed by atoms with E-state index in [1.54, 1.807) is 12.4 Å². The molecule has 194 valence electrons. The normalized spacial score (nSPS) is 19.1. The van der Waals surface area contributed by atoms with Gasteiger partial charge in [-0.05, 0) is 68.9 Å². The van der Waals surface area contributed by atoms with Gasteiger partial charge in [-0.1, -0.05) is 24.3 Å². The van der Waals surface area contributed by atoms with Crippen molar-refractivity contribution in [3.8, 4) is 22.9 Å². The van der Waals surface area contributed by atoms with Crippen molar-refractivity contribution in [1.29, 1.82) is 0 Å². The lowest BCUT2D eigenvalue weighted by Gasteiger charge is -2.26. The molecule has 0 atom stereocenters. The second-order valence-electron chi connectivity index (χ2n) is 10.0. The number of nitrogens with two attached hydrogens (primary N) is 1. The van der Waals surface area contributed by atoms with Gasteiger partial charge in [0.15, 0.2) is 0 Å². The van der Waals surface area contributed by atoms with Crippen LogP contribution in [-0.2, 0) is 0 Å². The van der Waals surface area contributed by atoms with Gasteiger partial charge in [0.25, 0.3) is 0 Å². The molecule has 5 N–H and O–H groups in total. The Morgan fingerprint density at radius 2 is 1.63 bits per heavy atom. The van der Waals surface area contributed by atoms with Crippen LogP contribution in [0.25, 0.3) is 22.0 Å². The summed E-state index contributed by atoms with van der Waals surface area (Å²) in [5, 5.41) is 11.2. The lowest BCUT2D eigenvalue weighted by molar-refractivity contribution is 0.251. The number of amides is 2. The molecule has 38 heavy (non-hydrogen) atoms. The first kappa shape index (κ1) is 24.1. The van der Waals surface area contributed by atoms with E-state index in [0.29, 0.717) is 23.6 Å². The number of carbonyl (C=O) groups excluding carboxylic acids is 1. The van der Waals surface area contributed by atoms with E-state index in [0.717, 1.165) is 66.2 Å². The third kappa shape index (κ3) is 5.52. The highest BCUT2D eigenvalue weighted by molar-refractivity contribution is 6.04. The highest BCUT2D eigenvalue weighted by atomic mass is 16.5. The third-order valence-electron chi connectivity index (χ3n) is 7.06. The minimum absolute atomic E-state index is 0.192. The zero-order valence-corrected chi connectivity index (χ0v) is 21.1. The molecule has 2 heterocycles. The molecule has 2 saturated carbocycles. The predicted molar refractivity (Wildman–Crippen MR) is 148 cm³/mol. The third-order valence-corrected chi connectivity index (χ3v) is 7.06. The smallest absolute Gasteiger partial charge is 0.319 e. The van der Waals surface area contributed by atoms with E-state index in [1.165, 1.54) is 0 Å². The number of nitrogens with zero attached hydrogens (tertiary/aromatic N) is 3. The fourth-order valence-corrected chi connectivity index (χ4v) is 4.84. The summed E-state index contributed by atoms with van der Waals surface area (Å²) in [6, 6.07) is 17.9. The van der Waals surface area contributed by atoms with Gasteiger partial charge in [0, 0.05) is 41.3 Å². The van der Waals surface area contributed by atoms with Crippen molar-refractivity contribution in [2.75, 3.05) is 10.6 Å². The number of anilines is 2. The topological polar surface area (TPSA) is 127 Å². The molecule has 0 aliphatic heterocycles. The Kier molecular flexibility index (Phi) is 6.75. The zero-order chi connectivity index (χ0) is 25.9. The SMILES string of the molecule is N[C@H]1CC[C@H](Nc2nccc(-c3cccnc3Oc3ccc(NC(=O)NC4CC4)c4ccccc34)n2)CC1. The second kappa shape index (κ2) is 10.6. The largest absolute Gasteiger partial charge is 0.438 e. The van der Waals surface area contributed by atoms with E-state index in [9.17, 15) is 4.79 Å². The van der Waals surface area contributed by atoms with Gasteiger partial charge in [-0.15, -0.1) is 0 Å². The van der Waals surface area contributed by atoms with Gasteiger partial charge in [-0.25, -0.2) is 19.7 Å². The highest BCUT2D eigenvalue weighted by Gasteiger charge is 2.24. The van der Waals surface area contributed by atoms with Crippen LogP contribution >= 0.6 is 0 Å². The Balaban J connectivity index is 1.25. The summed E-state index contributed by atoms with van der Waals surface area (Å²) in [6.45, 7) is 0. The van der Waals surface area contributed by atoms with E-state index >= 15 is 0 Å². The lowest BCUT2D eigenvalue weighted by atomic mass is 9.92. The fraction of sp³-hybridized carbons (Fsp3) is 0.310. The summed E-state index contributed by atoms with van der Waals surface area (Å²) in [4.78, 5) is 26.1. The molecule has 0 saturated heterocycles. The van der Waals surface area contributed by atoms with E-state index in [1.807, 2.05) is 54.6 Å². The first-order chi connectivity index (χ1) is 18.6. The van der Waals surface area contributed by atoms with Gasteiger partial charge >= 0.3 is 6.03 Å². The molecule has 2 aromatic carbocycles. The molecule has 2 aromatic heterocycles. The Labute approximate surface area is 221 Å². The van der Waals surface area contributed by atoms with Gasteiger partial charge in [-0.2, -0.15) is 0 Å². The molecule has 2 fully saturated rings. The monoisotopic (exact) mass is 509 g/mol. The summed E-state index contributed by atoms with van der Waals surface area (Å²) in [7, 11) is 0. The predicted octanol–water partition coefficient (Wildman–Crippen LogP) is 5.45. The molecule has 0 unspecified atom stereocenters. The van der Waals surface area contributed by atoms with Crippen LogP contribution < -0.4 is 26.4 Å². The average Bonchev–Trinajstić information content (AvgIpc) is 3.76. The first-order valence-electron chi connectivity index (χ1n) is 13.2. The van der Waals surface area contributed by atoms with Crippen molar-refractivity contribution >= 4 is 28.4 Å². The van der Waals surface area contributed by atoms with Crippen LogP contribution in [-0.4, -0.2) is 39.1 Å². The van der Waals surface area contributed by atoms with Crippen LogP contribution in [0.2, 0.25) is 0 Å². The van der Waals surface area contributed by atoms with Gasteiger partial charge in [0.1, 0.15) is 5.75 Å². The van der Waals surface area contributed by atoms with E-state index in [-0.39, 0.29) is 18.1 Å². The van der Waals surface area contributed by atoms with Gasteiger partial charge in [0.2, 0.25) is 11.8 Å².